The maximum Gasteiger partial charge on any atom is 0.123 e. The second kappa shape index (κ2) is 5.84. The minimum Gasteiger partial charge on any atom is -0.496 e. The largest absolute Gasteiger partial charge is 0.496 e. The van der Waals surface area contributed by atoms with E-state index in [9.17, 15) is 0 Å². The number of nitrogens with one attached hydrogen (secondary N) is 1. The Labute approximate surface area is 106 Å². The Bertz CT molecular complexity index is 453. The Kier molecular flexibility index (Phi) is 4.18. The van der Waals surface area contributed by atoms with Gasteiger partial charge in [0.2, 0.25) is 0 Å². The Morgan fingerprint density at radius 1 is 1.24 bits per heavy atom. The predicted molar refractivity (Wildman–Crippen MR) is 72.6 cm³/mol. The maximum atomic E-state index is 5.33. The quantitative estimate of drug-likeness (QED) is 0.871. The van der Waals surface area contributed by atoms with E-state index in [1.54, 1.807) is 18.4 Å². The lowest BCUT2D eigenvalue weighted by molar-refractivity contribution is 0.406. The minimum atomic E-state index is 0.375. The Morgan fingerprint density at radius 3 is 2.76 bits per heavy atom. The van der Waals surface area contributed by atoms with Gasteiger partial charge in [0.05, 0.1) is 7.11 Å². The molecular weight excluding hydrogens is 230 g/mol. The standard InChI is InChI=1S/C14H17NOS/c1-11(14-8-5-9-17-14)15-10-12-6-3-4-7-13(12)16-2/h3-9,11,15H,10H2,1-2H3/t11-/m1/s1. The van der Waals surface area contributed by atoms with Crippen LogP contribution >= 0.6 is 11.3 Å². The normalized spacial score (nSPS) is 12.4. The molecule has 90 valence electrons. The zero-order chi connectivity index (χ0) is 12.1. The van der Waals surface area contributed by atoms with Crippen molar-refractivity contribution < 1.29 is 4.74 Å². The number of methoxy groups -OCH3 is 1. The third kappa shape index (κ3) is 3.08. The first-order valence-corrected chi connectivity index (χ1v) is 6.58. The summed E-state index contributed by atoms with van der Waals surface area (Å²) < 4.78 is 5.33. The molecule has 0 aliphatic heterocycles. The third-order valence-corrected chi connectivity index (χ3v) is 3.82. The zero-order valence-corrected chi connectivity index (χ0v) is 11.0. The topological polar surface area (TPSA) is 21.3 Å². The number of ether oxygens (including phenoxy) is 1. The first-order valence-electron chi connectivity index (χ1n) is 5.70. The lowest BCUT2D eigenvalue weighted by Gasteiger charge is -2.14. The van der Waals surface area contributed by atoms with Crippen molar-refractivity contribution >= 4 is 11.3 Å². The van der Waals surface area contributed by atoms with E-state index in [4.69, 9.17) is 4.74 Å². The van der Waals surface area contributed by atoms with Crippen molar-refractivity contribution in [2.24, 2.45) is 0 Å². The molecule has 0 bridgehead atoms. The summed E-state index contributed by atoms with van der Waals surface area (Å²) in [5.74, 6) is 0.943. The molecule has 1 N–H and O–H groups in total. The van der Waals surface area contributed by atoms with Crippen LogP contribution in [0.1, 0.15) is 23.4 Å². The highest BCUT2D eigenvalue weighted by atomic mass is 32.1. The molecule has 0 saturated carbocycles. The van der Waals surface area contributed by atoms with Crippen LogP contribution in [-0.4, -0.2) is 7.11 Å². The summed E-state index contributed by atoms with van der Waals surface area (Å²) in [5, 5.41) is 5.61. The van der Waals surface area contributed by atoms with E-state index in [-0.39, 0.29) is 0 Å². The summed E-state index contributed by atoms with van der Waals surface area (Å²) in [6.07, 6.45) is 0. The van der Waals surface area contributed by atoms with Crippen molar-refractivity contribution in [3.8, 4) is 5.75 Å². The summed E-state index contributed by atoms with van der Waals surface area (Å²) in [6.45, 7) is 3.00. The maximum absolute atomic E-state index is 5.33. The van der Waals surface area contributed by atoms with E-state index in [0.717, 1.165) is 12.3 Å². The minimum absolute atomic E-state index is 0.375. The second-order valence-electron chi connectivity index (χ2n) is 3.93. The van der Waals surface area contributed by atoms with E-state index in [2.05, 4.69) is 35.8 Å². The molecule has 1 heterocycles. The van der Waals surface area contributed by atoms with Crippen LogP contribution in [0.2, 0.25) is 0 Å². The Balaban J connectivity index is 1.98. The van der Waals surface area contributed by atoms with Gasteiger partial charge in [-0.05, 0) is 24.4 Å². The van der Waals surface area contributed by atoms with E-state index >= 15 is 0 Å². The summed E-state index contributed by atoms with van der Waals surface area (Å²) in [4.78, 5) is 1.36. The smallest absolute Gasteiger partial charge is 0.123 e. The molecule has 2 aromatic rings. The Morgan fingerprint density at radius 2 is 2.06 bits per heavy atom. The van der Waals surface area contributed by atoms with Crippen LogP contribution in [-0.2, 0) is 6.54 Å². The number of rotatable bonds is 5. The van der Waals surface area contributed by atoms with Crippen molar-refractivity contribution in [2.45, 2.75) is 19.5 Å². The molecule has 3 heteroatoms. The molecule has 2 rings (SSSR count). The van der Waals surface area contributed by atoms with E-state index in [1.807, 2.05) is 18.2 Å². The molecule has 17 heavy (non-hydrogen) atoms. The molecule has 0 aliphatic rings. The van der Waals surface area contributed by atoms with Crippen LogP contribution < -0.4 is 10.1 Å². The van der Waals surface area contributed by atoms with Gasteiger partial charge < -0.3 is 10.1 Å². The molecule has 1 aromatic heterocycles. The highest BCUT2D eigenvalue weighted by Gasteiger charge is 2.07. The third-order valence-electron chi connectivity index (χ3n) is 2.76. The molecule has 0 aliphatic carbocycles. The lowest BCUT2D eigenvalue weighted by Crippen LogP contribution is -2.17. The zero-order valence-electron chi connectivity index (χ0n) is 10.1. The fourth-order valence-corrected chi connectivity index (χ4v) is 2.51. The summed E-state index contributed by atoms with van der Waals surface area (Å²) in [7, 11) is 1.71. The number of thiophene rings is 1. The van der Waals surface area contributed by atoms with Crippen LogP contribution in [0, 0.1) is 0 Å². The van der Waals surface area contributed by atoms with Crippen molar-refractivity contribution in [3.63, 3.8) is 0 Å². The first-order chi connectivity index (χ1) is 8.31. The Hall–Kier alpha value is -1.32. The van der Waals surface area contributed by atoms with Gasteiger partial charge in [-0.2, -0.15) is 0 Å². The fraction of sp³-hybridized carbons (Fsp3) is 0.286. The molecule has 0 spiro atoms. The molecular formula is C14H17NOS. The number of hydrogen-bond donors (Lipinski definition) is 1. The van der Waals surface area contributed by atoms with Crippen LogP contribution in [0.15, 0.2) is 41.8 Å². The average molecular weight is 247 g/mol. The van der Waals surface area contributed by atoms with Gasteiger partial charge in [0, 0.05) is 23.0 Å². The molecule has 1 atom stereocenters. The second-order valence-corrected chi connectivity index (χ2v) is 4.91. The first kappa shape index (κ1) is 12.1. The van der Waals surface area contributed by atoms with Gasteiger partial charge in [-0.15, -0.1) is 11.3 Å². The van der Waals surface area contributed by atoms with Crippen LogP contribution in [0.3, 0.4) is 0 Å². The SMILES string of the molecule is COc1ccccc1CN[C@H](C)c1cccs1. The number of hydrogen-bond acceptors (Lipinski definition) is 3. The van der Waals surface area contributed by atoms with Gasteiger partial charge in [-0.1, -0.05) is 24.3 Å². The number of benzene rings is 1. The predicted octanol–water partition coefficient (Wildman–Crippen LogP) is 3.61. The van der Waals surface area contributed by atoms with Crippen molar-refractivity contribution in [1.82, 2.24) is 5.32 Å². The molecule has 0 unspecified atom stereocenters. The van der Waals surface area contributed by atoms with Crippen molar-refractivity contribution in [3.05, 3.63) is 52.2 Å². The van der Waals surface area contributed by atoms with Gasteiger partial charge >= 0.3 is 0 Å². The van der Waals surface area contributed by atoms with Crippen LogP contribution in [0.25, 0.3) is 0 Å². The molecule has 0 fully saturated rings. The molecule has 2 nitrogen and oxygen atoms in total. The highest BCUT2D eigenvalue weighted by molar-refractivity contribution is 7.10. The monoisotopic (exact) mass is 247 g/mol. The molecule has 0 radical (unpaired) electrons. The van der Waals surface area contributed by atoms with E-state index in [0.29, 0.717) is 6.04 Å². The van der Waals surface area contributed by atoms with Gasteiger partial charge in [0.25, 0.3) is 0 Å². The number of para-hydroxylation sites is 1. The fourth-order valence-electron chi connectivity index (χ4n) is 1.75. The van der Waals surface area contributed by atoms with E-state index < -0.39 is 0 Å². The van der Waals surface area contributed by atoms with Gasteiger partial charge in [-0.3, -0.25) is 0 Å². The van der Waals surface area contributed by atoms with Crippen LogP contribution in [0.4, 0.5) is 0 Å². The van der Waals surface area contributed by atoms with E-state index in [1.165, 1.54) is 10.4 Å². The van der Waals surface area contributed by atoms with Crippen molar-refractivity contribution in [1.29, 1.82) is 0 Å². The summed E-state index contributed by atoms with van der Waals surface area (Å²) in [5.41, 5.74) is 1.19. The highest BCUT2D eigenvalue weighted by Crippen LogP contribution is 2.21. The van der Waals surface area contributed by atoms with Gasteiger partial charge in [-0.25, -0.2) is 0 Å². The molecule has 1 aromatic carbocycles. The van der Waals surface area contributed by atoms with Gasteiger partial charge in [0.15, 0.2) is 0 Å². The lowest BCUT2D eigenvalue weighted by atomic mass is 10.2. The summed E-state index contributed by atoms with van der Waals surface area (Å²) in [6, 6.07) is 12.7. The summed E-state index contributed by atoms with van der Waals surface area (Å²) >= 11 is 1.78. The molecule has 0 amide bonds. The average Bonchev–Trinajstić information content (AvgIpc) is 2.90. The van der Waals surface area contributed by atoms with Crippen LogP contribution in [0.5, 0.6) is 5.75 Å². The van der Waals surface area contributed by atoms with Crippen molar-refractivity contribution in [2.75, 3.05) is 7.11 Å². The molecule has 0 saturated heterocycles. The van der Waals surface area contributed by atoms with Gasteiger partial charge in [0.1, 0.15) is 5.75 Å².